The maximum absolute atomic E-state index is 6.37. The van der Waals surface area contributed by atoms with Crippen LogP contribution in [0, 0.1) is 0 Å². The quantitative estimate of drug-likeness (QED) is 0.216. The molecule has 1 aliphatic rings. The fourth-order valence-electron chi connectivity index (χ4n) is 4.46. The number of aromatic nitrogens is 4. The van der Waals surface area contributed by atoms with E-state index in [1.54, 1.807) is 0 Å². The molecular weight excluding hydrogens is 444 g/mol. The maximum Gasteiger partial charge on any atom is 0.232 e. The van der Waals surface area contributed by atoms with Crippen molar-refractivity contribution in [2.45, 2.75) is 71.8 Å². The van der Waals surface area contributed by atoms with Crippen LogP contribution >= 0.6 is 11.6 Å². The van der Waals surface area contributed by atoms with Gasteiger partial charge in [-0.1, -0.05) is 94.3 Å². The molecule has 0 N–H and O–H groups in total. The van der Waals surface area contributed by atoms with Crippen molar-refractivity contribution in [1.29, 1.82) is 0 Å². The maximum atomic E-state index is 6.37. The predicted octanol–water partition coefficient (Wildman–Crippen LogP) is 6.63. The normalized spacial score (nSPS) is 12.6. The van der Waals surface area contributed by atoms with Gasteiger partial charge in [0.05, 0.1) is 11.4 Å². The molecule has 1 aliphatic heterocycles. The third kappa shape index (κ3) is 5.66. The number of hydrogen-bond donors (Lipinski definition) is 0. The molecule has 0 bridgehead atoms. The number of benzene rings is 1. The Kier molecular flexibility index (Phi) is 8.69. The van der Waals surface area contributed by atoms with Gasteiger partial charge in [0, 0.05) is 18.7 Å². The Labute approximate surface area is 208 Å². The number of halogens is 1. The zero-order valence-electron chi connectivity index (χ0n) is 20.4. The summed E-state index contributed by atoms with van der Waals surface area (Å²) < 4.78 is 2.15. The lowest BCUT2D eigenvalue weighted by molar-refractivity contribution is 0.598. The number of fused-ring (bicyclic) bond motifs is 3. The van der Waals surface area contributed by atoms with Crippen LogP contribution in [0.15, 0.2) is 47.5 Å². The van der Waals surface area contributed by atoms with Crippen LogP contribution in [-0.4, -0.2) is 38.5 Å². The summed E-state index contributed by atoms with van der Waals surface area (Å²) in [5.74, 6) is 1.72. The molecule has 0 saturated heterocycles. The van der Waals surface area contributed by atoms with E-state index in [1.165, 1.54) is 38.5 Å². The standard InChI is InChI=1S/C27H35ClN6/c1-3-5-7-12-18-33(19-13-8-6-4-2)27-32-31-24-20-29-25(21-14-10-9-11-15-21)26-22(34(24)27)16-17-23(28)30-26/h9-11,14-17H,3-8,12-13,18-20H2,1-2H3. The number of rotatable bonds is 12. The molecule has 0 radical (unpaired) electrons. The number of aliphatic imine (C=N–C) groups is 1. The van der Waals surface area contributed by atoms with Gasteiger partial charge in [0.1, 0.15) is 17.4 Å². The van der Waals surface area contributed by atoms with Gasteiger partial charge in [-0.05, 0) is 25.0 Å². The first-order valence-electron chi connectivity index (χ1n) is 12.7. The van der Waals surface area contributed by atoms with E-state index < -0.39 is 0 Å². The van der Waals surface area contributed by atoms with Gasteiger partial charge in [-0.15, -0.1) is 10.2 Å². The molecule has 0 atom stereocenters. The average molecular weight is 479 g/mol. The van der Waals surface area contributed by atoms with Crippen molar-refractivity contribution in [1.82, 2.24) is 19.7 Å². The molecule has 3 heterocycles. The third-order valence-electron chi connectivity index (χ3n) is 6.29. The molecule has 0 saturated carbocycles. The van der Waals surface area contributed by atoms with Gasteiger partial charge in [-0.25, -0.2) is 4.98 Å². The molecule has 3 aromatic rings. The fourth-order valence-corrected chi connectivity index (χ4v) is 4.61. The van der Waals surface area contributed by atoms with Crippen LogP contribution in [-0.2, 0) is 6.54 Å². The second-order valence-electron chi connectivity index (χ2n) is 8.89. The Morgan fingerprint density at radius 3 is 2.24 bits per heavy atom. The summed E-state index contributed by atoms with van der Waals surface area (Å²) in [4.78, 5) is 12.1. The van der Waals surface area contributed by atoms with Gasteiger partial charge >= 0.3 is 0 Å². The molecule has 4 rings (SSSR count). The summed E-state index contributed by atoms with van der Waals surface area (Å²) >= 11 is 6.37. The molecule has 0 fully saturated rings. The van der Waals surface area contributed by atoms with E-state index in [0.717, 1.165) is 60.4 Å². The van der Waals surface area contributed by atoms with E-state index in [-0.39, 0.29) is 0 Å². The molecule has 0 spiro atoms. The van der Waals surface area contributed by atoms with Crippen LogP contribution in [0.2, 0.25) is 5.15 Å². The summed E-state index contributed by atoms with van der Waals surface area (Å²) in [5.41, 5.74) is 3.57. The molecule has 0 aliphatic carbocycles. The van der Waals surface area contributed by atoms with Crippen molar-refractivity contribution < 1.29 is 0 Å². The van der Waals surface area contributed by atoms with Crippen molar-refractivity contribution in [3.63, 3.8) is 0 Å². The predicted molar refractivity (Wildman–Crippen MR) is 140 cm³/mol. The van der Waals surface area contributed by atoms with Crippen LogP contribution in [0.1, 0.15) is 82.3 Å². The first-order chi connectivity index (χ1) is 16.7. The van der Waals surface area contributed by atoms with Crippen LogP contribution in [0.5, 0.6) is 0 Å². The van der Waals surface area contributed by atoms with Gasteiger partial charge in [-0.3, -0.25) is 9.56 Å². The van der Waals surface area contributed by atoms with E-state index in [0.29, 0.717) is 11.7 Å². The molecule has 6 nitrogen and oxygen atoms in total. The zero-order chi connectivity index (χ0) is 23.8. The zero-order valence-corrected chi connectivity index (χ0v) is 21.1. The topological polar surface area (TPSA) is 59.2 Å². The van der Waals surface area contributed by atoms with Gasteiger partial charge in [0.15, 0.2) is 5.82 Å². The van der Waals surface area contributed by atoms with Gasteiger partial charge in [0.25, 0.3) is 0 Å². The molecule has 1 aromatic carbocycles. The van der Waals surface area contributed by atoms with Crippen LogP contribution < -0.4 is 4.90 Å². The third-order valence-corrected chi connectivity index (χ3v) is 6.50. The summed E-state index contributed by atoms with van der Waals surface area (Å²) in [6.07, 6.45) is 9.77. The molecule has 0 amide bonds. The highest BCUT2D eigenvalue weighted by Gasteiger charge is 2.26. The largest absolute Gasteiger partial charge is 0.341 e. The SMILES string of the molecule is CCCCCCN(CCCCCC)c1nnc2n1-c1ccc(Cl)nc1C(c1ccccc1)=NC2. The van der Waals surface area contributed by atoms with Crippen LogP contribution in [0.3, 0.4) is 0 Å². The van der Waals surface area contributed by atoms with Gasteiger partial charge in [0.2, 0.25) is 5.95 Å². The number of unbranched alkanes of at least 4 members (excludes halogenated alkanes) is 6. The highest BCUT2D eigenvalue weighted by atomic mass is 35.5. The van der Waals surface area contributed by atoms with Crippen molar-refractivity contribution in [3.8, 4) is 5.69 Å². The van der Waals surface area contributed by atoms with E-state index >= 15 is 0 Å². The second-order valence-corrected chi connectivity index (χ2v) is 9.28. The van der Waals surface area contributed by atoms with Crippen molar-refractivity contribution in [3.05, 3.63) is 64.7 Å². The number of pyridine rings is 1. The lowest BCUT2D eigenvalue weighted by atomic mass is 10.1. The highest BCUT2D eigenvalue weighted by Crippen LogP contribution is 2.29. The van der Waals surface area contributed by atoms with E-state index in [2.05, 4.69) is 45.6 Å². The Bertz CT molecular complexity index is 1080. The average Bonchev–Trinajstić information content (AvgIpc) is 3.20. The van der Waals surface area contributed by atoms with Crippen molar-refractivity contribution >= 4 is 23.3 Å². The molecule has 0 unspecified atom stereocenters. The minimum atomic E-state index is 0.449. The number of hydrogen-bond acceptors (Lipinski definition) is 5. The van der Waals surface area contributed by atoms with E-state index in [1.807, 2.05) is 30.3 Å². The lowest BCUT2D eigenvalue weighted by Crippen LogP contribution is -2.29. The van der Waals surface area contributed by atoms with Crippen LogP contribution in [0.4, 0.5) is 5.95 Å². The highest BCUT2D eigenvalue weighted by molar-refractivity contribution is 6.30. The monoisotopic (exact) mass is 478 g/mol. The summed E-state index contributed by atoms with van der Waals surface area (Å²) in [7, 11) is 0. The van der Waals surface area contributed by atoms with E-state index in [9.17, 15) is 0 Å². The molecular formula is C27H35ClN6. The minimum absolute atomic E-state index is 0.449. The second kappa shape index (κ2) is 12.1. The number of nitrogens with zero attached hydrogens (tertiary/aromatic N) is 6. The summed E-state index contributed by atoms with van der Waals surface area (Å²) in [5, 5.41) is 9.70. The smallest absolute Gasteiger partial charge is 0.232 e. The first-order valence-corrected chi connectivity index (χ1v) is 13.1. The lowest BCUT2D eigenvalue weighted by Gasteiger charge is -2.25. The Hall–Kier alpha value is -2.73. The molecule has 34 heavy (non-hydrogen) atoms. The fraction of sp³-hybridized carbons (Fsp3) is 0.481. The number of anilines is 1. The van der Waals surface area contributed by atoms with Crippen molar-refractivity contribution in [2.24, 2.45) is 4.99 Å². The Balaban J connectivity index is 1.71. The minimum Gasteiger partial charge on any atom is -0.341 e. The van der Waals surface area contributed by atoms with Gasteiger partial charge < -0.3 is 4.90 Å². The molecule has 7 heteroatoms. The van der Waals surface area contributed by atoms with E-state index in [4.69, 9.17) is 21.6 Å². The first kappa shape index (κ1) is 24.4. The van der Waals surface area contributed by atoms with Crippen LogP contribution in [0.25, 0.3) is 5.69 Å². The molecule has 2 aromatic heterocycles. The van der Waals surface area contributed by atoms with Crippen molar-refractivity contribution in [2.75, 3.05) is 18.0 Å². The Morgan fingerprint density at radius 1 is 0.853 bits per heavy atom. The summed E-state index contributed by atoms with van der Waals surface area (Å²) in [6, 6.07) is 14.0. The molecule has 180 valence electrons. The Morgan fingerprint density at radius 2 is 1.56 bits per heavy atom. The van der Waals surface area contributed by atoms with Gasteiger partial charge in [-0.2, -0.15) is 0 Å². The summed E-state index contributed by atoms with van der Waals surface area (Å²) in [6.45, 7) is 6.91.